The highest BCUT2D eigenvalue weighted by Gasteiger charge is 2.31. The number of hydrogen-bond donors (Lipinski definition) is 1. The summed E-state index contributed by atoms with van der Waals surface area (Å²) in [6.07, 6.45) is 4.57. The molecule has 0 radical (unpaired) electrons. The molecule has 2 aliphatic rings. The summed E-state index contributed by atoms with van der Waals surface area (Å²) >= 11 is 0. The van der Waals surface area contributed by atoms with Crippen molar-refractivity contribution in [2.45, 2.75) is 51.7 Å². The quantitative estimate of drug-likeness (QED) is 0.789. The number of carbonyl (C=O) groups is 1. The monoisotopic (exact) mass is 405 g/mol. The predicted octanol–water partition coefficient (Wildman–Crippen LogP) is 3.99. The lowest BCUT2D eigenvalue weighted by atomic mass is 9.93. The summed E-state index contributed by atoms with van der Waals surface area (Å²) in [5, 5.41) is 3.17. The van der Waals surface area contributed by atoms with Gasteiger partial charge in [-0.3, -0.25) is 14.6 Å². The van der Waals surface area contributed by atoms with Crippen LogP contribution in [0.5, 0.6) is 0 Å². The Labute approximate surface area is 181 Å². The molecule has 2 aromatic carbocycles. The van der Waals surface area contributed by atoms with Gasteiger partial charge in [0, 0.05) is 25.7 Å². The van der Waals surface area contributed by atoms with Crippen LogP contribution in [0.1, 0.15) is 42.4 Å². The van der Waals surface area contributed by atoms with Crippen LogP contribution in [0.3, 0.4) is 0 Å². The molecular weight excluding hydrogens is 370 g/mol. The summed E-state index contributed by atoms with van der Waals surface area (Å²) in [7, 11) is 0. The Morgan fingerprint density at radius 1 is 0.933 bits per heavy atom. The number of aryl methyl sites for hydroxylation is 1. The fourth-order valence-electron chi connectivity index (χ4n) is 4.88. The maximum absolute atomic E-state index is 12.8. The average molecular weight is 406 g/mol. The van der Waals surface area contributed by atoms with Crippen molar-refractivity contribution in [1.82, 2.24) is 15.1 Å². The minimum absolute atomic E-state index is 0.131. The first kappa shape index (κ1) is 21.1. The van der Waals surface area contributed by atoms with Crippen molar-refractivity contribution < 1.29 is 4.79 Å². The van der Waals surface area contributed by atoms with E-state index in [4.69, 9.17) is 0 Å². The molecule has 1 atom stereocenters. The van der Waals surface area contributed by atoms with E-state index in [1.54, 1.807) is 0 Å². The van der Waals surface area contributed by atoms with Crippen molar-refractivity contribution in [1.29, 1.82) is 0 Å². The van der Waals surface area contributed by atoms with Gasteiger partial charge in [-0.25, -0.2) is 0 Å². The molecule has 0 aromatic heterocycles. The molecule has 4 rings (SSSR count). The molecule has 30 heavy (non-hydrogen) atoms. The zero-order chi connectivity index (χ0) is 20.8. The van der Waals surface area contributed by atoms with Crippen molar-refractivity contribution in [2.75, 3.05) is 26.2 Å². The summed E-state index contributed by atoms with van der Waals surface area (Å²) in [6, 6.07) is 19.8. The number of likely N-dealkylation sites (tertiary alicyclic amines) is 2. The number of carbonyl (C=O) groups excluding carboxylic acids is 1. The Morgan fingerprint density at radius 3 is 2.40 bits per heavy atom. The Bertz CT molecular complexity index is 797. The first-order valence-corrected chi connectivity index (χ1v) is 11.5. The van der Waals surface area contributed by atoms with Crippen molar-refractivity contribution in [2.24, 2.45) is 5.92 Å². The molecule has 2 heterocycles. The number of hydrogen-bond acceptors (Lipinski definition) is 3. The van der Waals surface area contributed by atoms with Crippen molar-refractivity contribution in [3.63, 3.8) is 0 Å². The lowest BCUT2D eigenvalue weighted by Crippen LogP contribution is -2.50. The lowest BCUT2D eigenvalue weighted by molar-refractivity contribution is -0.127. The van der Waals surface area contributed by atoms with Gasteiger partial charge >= 0.3 is 0 Å². The number of rotatable bonds is 6. The standard InChI is InChI=1S/C26H35N3O/c1-21-9-11-22(12-10-21)18-27-26(30)24-8-5-15-29(20-24)25-13-16-28(17-14-25)19-23-6-3-2-4-7-23/h2-4,6-7,9-12,24-25H,5,8,13-20H2,1H3,(H,27,30). The smallest absolute Gasteiger partial charge is 0.224 e. The van der Waals surface area contributed by atoms with Gasteiger partial charge in [0.05, 0.1) is 5.92 Å². The summed E-state index contributed by atoms with van der Waals surface area (Å²) < 4.78 is 0. The van der Waals surface area contributed by atoms with Gasteiger partial charge in [0.15, 0.2) is 0 Å². The zero-order valence-corrected chi connectivity index (χ0v) is 18.2. The molecule has 1 unspecified atom stereocenters. The Morgan fingerprint density at radius 2 is 1.67 bits per heavy atom. The summed E-state index contributed by atoms with van der Waals surface area (Å²) in [5.74, 6) is 0.355. The first-order chi connectivity index (χ1) is 14.7. The molecule has 2 saturated heterocycles. The number of piperidine rings is 2. The molecule has 0 bridgehead atoms. The van der Waals surface area contributed by atoms with Gasteiger partial charge in [0.25, 0.3) is 0 Å². The van der Waals surface area contributed by atoms with Gasteiger partial charge < -0.3 is 5.32 Å². The molecule has 1 N–H and O–H groups in total. The third-order valence-corrected chi connectivity index (χ3v) is 6.73. The van der Waals surface area contributed by atoms with E-state index in [-0.39, 0.29) is 11.8 Å². The van der Waals surface area contributed by atoms with E-state index in [0.717, 1.165) is 45.6 Å². The van der Waals surface area contributed by atoms with E-state index in [2.05, 4.69) is 76.6 Å². The molecule has 2 aliphatic heterocycles. The third kappa shape index (κ3) is 5.71. The van der Waals surface area contributed by atoms with Crippen LogP contribution >= 0.6 is 0 Å². The maximum atomic E-state index is 12.8. The highest BCUT2D eigenvalue weighted by Crippen LogP contribution is 2.25. The summed E-state index contributed by atoms with van der Waals surface area (Å²) in [6.45, 7) is 8.14. The molecule has 1 amide bonds. The van der Waals surface area contributed by atoms with Gasteiger partial charge in [-0.15, -0.1) is 0 Å². The van der Waals surface area contributed by atoms with Crippen LogP contribution in [0, 0.1) is 12.8 Å². The average Bonchev–Trinajstić information content (AvgIpc) is 2.80. The third-order valence-electron chi connectivity index (χ3n) is 6.73. The fraction of sp³-hybridized carbons (Fsp3) is 0.500. The minimum Gasteiger partial charge on any atom is -0.352 e. The van der Waals surface area contributed by atoms with Crippen LogP contribution in [-0.4, -0.2) is 47.9 Å². The van der Waals surface area contributed by atoms with Crippen LogP contribution < -0.4 is 5.32 Å². The van der Waals surface area contributed by atoms with Gasteiger partial charge in [-0.1, -0.05) is 60.2 Å². The van der Waals surface area contributed by atoms with Crippen molar-refractivity contribution >= 4 is 5.91 Å². The second kappa shape index (κ2) is 10.2. The van der Waals surface area contributed by atoms with Crippen molar-refractivity contribution in [3.8, 4) is 0 Å². The van der Waals surface area contributed by atoms with Gasteiger partial charge in [-0.05, 0) is 63.4 Å². The zero-order valence-electron chi connectivity index (χ0n) is 18.2. The lowest BCUT2D eigenvalue weighted by Gasteiger charge is -2.42. The Hall–Kier alpha value is -2.17. The van der Waals surface area contributed by atoms with E-state index in [1.165, 1.54) is 29.5 Å². The molecule has 0 aliphatic carbocycles. The molecule has 4 heteroatoms. The second-order valence-corrected chi connectivity index (χ2v) is 9.03. The van der Waals surface area contributed by atoms with E-state index in [1.807, 2.05) is 0 Å². The highest BCUT2D eigenvalue weighted by molar-refractivity contribution is 5.79. The first-order valence-electron chi connectivity index (χ1n) is 11.5. The maximum Gasteiger partial charge on any atom is 0.224 e. The van der Waals surface area contributed by atoms with Gasteiger partial charge in [0.1, 0.15) is 0 Å². The van der Waals surface area contributed by atoms with Crippen LogP contribution in [0.25, 0.3) is 0 Å². The molecule has 0 spiro atoms. The molecule has 2 fully saturated rings. The van der Waals surface area contributed by atoms with Crippen LogP contribution in [0.15, 0.2) is 54.6 Å². The van der Waals surface area contributed by atoms with Gasteiger partial charge in [-0.2, -0.15) is 0 Å². The summed E-state index contributed by atoms with van der Waals surface area (Å²) in [5.41, 5.74) is 3.83. The van der Waals surface area contributed by atoms with E-state index in [9.17, 15) is 4.79 Å². The highest BCUT2D eigenvalue weighted by atomic mass is 16.1. The molecule has 160 valence electrons. The second-order valence-electron chi connectivity index (χ2n) is 9.03. The summed E-state index contributed by atoms with van der Waals surface area (Å²) in [4.78, 5) is 17.9. The number of benzene rings is 2. The van der Waals surface area contributed by atoms with Crippen LogP contribution in [-0.2, 0) is 17.9 Å². The Kier molecular flexibility index (Phi) is 7.19. The molecule has 4 nitrogen and oxygen atoms in total. The van der Waals surface area contributed by atoms with Gasteiger partial charge in [0.2, 0.25) is 5.91 Å². The number of nitrogens with zero attached hydrogens (tertiary/aromatic N) is 2. The number of nitrogens with one attached hydrogen (secondary N) is 1. The number of amides is 1. The van der Waals surface area contributed by atoms with Crippen LogP contribution in [0.2, 0.25) is 0 Å². The molecule has 0 saturated carbocycles. The normalized spacial score (nSPS) is 21.4. The van der Waals surface area contributed by atoms with E-state index >= 15 is 0 Å². The van der Waals surface area contributed by atoms with Crippen LogP contribution in [0.4, 0.5) is 0 Å². The largest absolute Gasteiger partial charge is 0.352 e. The van der Waals surface area contributed by atoms with E-state index in [0.29, 0.717) is 12.6 Å². The SMILES string of the molecule is Cc1ccc(CNC(=O)C2CCCN(C3CCN(Cc4ccccc4)CC3)C2)cc1. The van der Waals surface area contributed by atoms with Crippen molar-refractivity contribution in [3.05, 3.63) is 71.3 Å². The van der Waals surface area contributed by atoms with E-state index < -0.39 is 0 Å². The fourth-order valence-corrected chi connectivity index (χ4v) is 4.88. The predicted molar refractivity (Wildman–Crippen MR) is 122 cm³/mol. The molecule has 2 aromatic rings. The Balaban J connectivity index is 1.23. The minimum atomic E-state index is 0.131. The molecular formula is C26H35N3O. The topological polar surface area (TPSA) is 35.6 Å².